The minimum absolute atomic E-state index is 0.114. The van der Waals surface area contributed by atoms with Crippen molar-refractivity contribution in [1.82, 2.24) is 9.97 Å². The van der Waals surface area contributed by atoms with Gasteiger partial charge in [-0.1, -0.05) is 12.1 Å². The van der Waals surface area contributed by atoms with Crippen LogP contribution in [0.5, 0.6) is 5.75 Å². The van der Waals surface area contributed by atoms with Crippen molar-refractivity contribution in [3.8, 4) is 16.9 Å². The van der Waals surface area contributed by atoms with Crippen LogP contribution < -0.4 is 15.4 Å². The maximum absolute atomic E-state index is 15.2. The molecule has 10 heteroatoms. The summed E-state index contributed by atoms with van der Waals surface area (Å²) in [6.07, 6.45) is 6.73. The molecule has 0 atom stereocenters. The zero-order chi connectivity index (χ0) is 29.3. The van der Waals surface area contributed by atoms with E-state index >= 15 is 4.39 Å². The third-order valence-electron chi connectivity index (χ3n) is 7.23. The van der Waals surface area contributed by atoms with Crippen molar-refractivity contribution in [1.29, 1.82) is 5.41 Å². The first kappa shape index (κ1) is 26.7. The number of carbonyl (C=O) groups is 2. The lowest BCUT2D eigenvalue weighted by Gasteiger charge is -2.16. The van der Waals surface area contributed by atoms with E-state index < -0.39 is 28.9 Å². The number of hydrogen-bond donors (Lipinski definition) is 5. The van der Waals surface area contributed by atoms with Gasteiger partial charge in [0.05, 0.1) is 5.69 Å². The van der Waals surface area contributed by atoms with Crippen LogP contribution in [0, 0.1) is 22.5 Å². The van der Waals surface area contributed by atoms with Crippen molar-refractivity contribution in [2.75, 3.05) is 10.6 Å². The van der Waals surface area contributed by atoms with Crippen LogP contribution in [0.25, 0.3) is 27.8 Å². The van der Waals surface area contributed by atoms with Crippen LogP contribution >= 0.6 is 0 Å². The first-order chi connectivity index (χ1) is 20.4. The van der Waals surface area contributed by atoms with Crippen LogP contribution in [-0.2, 0) is 9.59 Å². The topological polar surface area (TPSA) is 123 Å². The predicted octanol–water partition coefficient (Wildman–Crippen LogP) is 6.87. The van der Waals surface area contributed by atoms with Gasteiger partial charge in [-0.25, -0.2) is 8.78 Å². The number of carbonyl (C=O) groups excluding carboxylic acids is 2. The number of benzene rings is 3. The summed E-state index contributed by atoms with van der Waals surface area (Å²) in [5.74, 6) is -2.15. The van der Waals surface area contributed by atoms with E-state index in [4.69, 9.17) is 10.1 Å². The number of allylic oxidation sites excluding steroid dienone is 1. The molecule has 210 valence electrons. The minimum atomic E-state index is -1.28. The highest BCUT2D eigenvalue weighted by Crippen LogP contribution is 2.47. The van der Waals surface area contributed by atoms with E-state index in [0.29, 0.717) is 24.2 Å². The molecule has 0 spiro atoms. The molecular weight excluding hydrogens is 540 g/mol. The Morgan fingerprint density at radius 3 is 2.29 bits per heavy atom. The molecule has 0 aliphatic heterocycles. The number of aromatic nitrogens is 2. The lowest BCUT2D eigenvalue weighted by atomic mass is 10.0. The molecule has 8 nitrogen and oxygen atoms in total. The van der Waals surface area contributed by atoms with Gasteiger partial charge >= 0.3 is 0 Å². The largest absolute Gasteiger partial charge is 0.452 e. The van der Waals surface area contributed by atoms with Gasteiger partial charge in [-0.05, 0) is 78.4 Å². The van der Waals surface area contributed by atoms with Gasteiger partial charge in [-0.15, -0.1) is 0 Å². The van der Waals surface area contributed by atoms with Gasteiger partial charge in [0, 0.05) is 53.2 Å². The summed E-state index contributed by atoms with van der Waals surface area (Å²) in [5, 5.41) is 13.9. The SMILES string of the molecule is N=C/C=C(/Oc1ccc(NC(=O)C2(C(=O)Nc3ccc(F)cc3)CC2)cc1F)c1[nH]ccc1-c1ccc2cc[nH]c2c1. The fourth-order valence-electron chi connectivity index (χ4n) is 4.77. The molecular formula is C32H25F2N5O3. The van der Waals surface area contributed by atoms with Gasteiger partial charge in [-0.3, -0.25) is 9.59 Å². The van der Waals surface area contributed by atoms with E-state index in [1.165, 1.54) is 42.5 Å². The molecule has 1 aliphatic carbocycles. The zero-order valence-electron chi connectivity index (χ0n) is 22.1. The van der Waals surface area contributed by atoms with Crippen molar-refractivity contribution in [2.45, 2.75) is 12.8 Å². The number of halogens is 2. The molecule has 2 amide bonds. The molecule has 1 saturated carbocycles. The lowest BCUT2D eigenvalue weighted by Crippen LogP contribution is -2.35. The second kappa shape index (κ2) is 10.8. The highest BCUT2D eigenvalue weighted by Gasteiger charge is 2.56. The molecule has 0 saturated heterocycles. The second-order valence-corrected chi connectivity index (χ2v) is 9.99. The summed E-state index contributed by atoms with van der Waals surface area (Å²) in [4.78, 5) is 32.1. The Bertz CT molecular complexity index is 1850. The first-order valence-electron chi connectivity index (χ1n) is 13.2. The van der Waals surface area contributed by atoms with Gasteiger partial charge in [0.25, 0.3) is 0 Å². The molecule has 0 bridgehead atoms. The molecule has 6 rings (SSSR count). The number of aromatic amines is 2. The van der Waals surface area contributed by atoms with Crippen molar-refractivity contribution in [3.63, 3.8) is 0 Å². The van der Waals surface area contributed by atoms with Crippen LogP contribution in [0.1, 0.15) is 18.5 Å². The number of nitrogens with one attached hydrogen (secondary N) is 5. The quantitative estimate of drug-likeness (QED) is 0.0762. The number of ether oxygens (including phenoxy) is 1. The smallest absolute Gasteiger partial charge is 0.240 e. The van der Waals surface area contributed by atoms with Crippen molar-refractivity contribution < 1.29 is 23.1 Å². The maximum Gasteiger partial charge on any atom is 0.240 e. The van der Waals surface area contributed by atoms with Crippen molar-refractivity contribution in [3.05, 3.63) is 109 Å². The molecule has 1 aliphatic rings. The monoisotopic (exact) mass is 565 g/mol. The summed E-state index contributed by atoms with van der Waals surface area (Å²) in [7, 11) is 0. The van der Waals surface area contributed by atoms with Gasteiger partial charge < -0.3 is 30.7 Å². The minimum Gasteiger partial charge on any atom is -0.452 e. The fraction of sp³-hybridized carbons (Fsp3) is 0.0938. The zero-order valence-corrected chi connectivity index (χ0v) is 22.1. The first-order valence-corrected chi connectivity index (χ1v) is 13.2. The molecule has 5 aromatic rings. The normalized spacial score (nSPS) is 13.9. The maximum atomic E-state index is 15.2. The van der Waals surface area contributed by atoms with Crippen molar-refractivity contribution >= 4 is 46.1 Å². The molecule has 1 fully saturated rings. The highest BCUT2D eigenvalue weighted by molar-refractivity contribution is 6.16. The Kier molecular flexibility index (Phi) is 6.87. The van der Waals surface area contributed by atoms with Gasteiger partial charge in [0.2, 0.25) is 11.8 Å². The molecule has 42 heavy (non-hydrogen) atoms. The number of amides is 2. The molecule has 2 heterocycles. The van der Waals surface area contributed by atoms with Crippen LogP contribution in [0.4, 0.5) is 20.2 Å². The lowest BCUT2D eigenvalue weighted by molar-refractivity contribution is -0.131. The molecule has 2 aromatic heterocycles. The second-order valence-electron chi connectivity index (χ2n) is 9.99. The summed E-state index contributed by atoms with van der Waals surface area (Å²) in [6, 6.07) is 19.0. The van der Waals surface area contributed by atoms with E-state index in [1.807, 2.05) is 36.5 Å². The predicted molar refractivity (Wildman–Crippen MR) is 157 cm³/mol. The average molecular weight is 566 g/mol. The van der Waals surface area contributed by atoms with E-state index in [9.17, 15) is 14.0 Å². The number of fused-ring (bicyclic) bond motifs is 1. The van der Waals surface area contributed by atoms with Crippen molar-refractivity contribution in [2.24, 2.45) is 5.41 Å². The summed E-state index contributed by atoms with van der Waals surface area (Å²) >= 11 is 0. The Balaban J connectivity index is 1.17. The summed E-state index contributed by atoms with van der Waals surface area (Å²) in [6.45, 7) is 0. The Hall–Kier alpha value is -5.51. The van der Waals surface area contributed by atoms with Gasteiger partial charge in [-0.2, -0.15) is 0 Å². The fourth-order valence-corrected chi connectivity index (χ4v) is 4.77. The Labute approximate surface area is 238 Å². The number of H-pyrrole nitrogens is 2. The Morgan fingerprint density at radius 2 is 1.57 bits per heavy atom. The molecule has 5 N–H and O–H groups in total. The molecule has 0 radical (unpaired) electrons. The van der Waals surface area contributed by atoms with E-state index in [2.05, 4.69) is 20.6 Å². The number of rotatable bonds is 9. The Morgan fingerprint density at radius 1 is 0.857 bits per heavy atom. The van der Waals surface area contributed by atoms with Gasteiger partial charge in [0.1, 0.15) is 11.2 Å². The van der Waals surface area contributed by atoms with E-state index in [-0.39, 0.29) is 17.2 Å². The van der Waals surface area contributed by atoms with Crippen LogP contribution in [0.2, 0.25) is 0 Å². The van der Waals surface area contributed by atoms with Crippen LogP contribution in [-0.4, -0.2) is 28.0 Å². The standard InChI is InChI=1S/C32H25F2N5O3/c33-21-3-5-22(6-4-21)38-30(40)32(12-13-32)31(41)39-23-7-8-27(25(34)18-23)42-28(9-14-35)29-24(11-16-37-29)20-2-1-19-10-15-36-26(19)17-20/h1-11,14-18,35-37H,12-13H2,(H,38,40)(H,39,41)/b28-9+,35-14?. The van der Waals surface area contributed by atoms with E-state index in [0.717, 1.165) is 34.3 Å². The summed E-state index contributed by atoms with van der Waals surface area (Å²) < 4.78 is 34.3. The average Bonchev–Trinajstić information content (AvgIpc) is 3.42. The third kappa shape index (κ3) is 5.17. The van der Waals surface area contributed by atoms with E-state index in [1.54, 1.807) is 6.20 Å². The third-order valence-corrected chi connectivity index (χ3v) is 7.23. The summed E-state index contributed by atoms with van der Waals surface area (Å²) in [5.41, 5.74) is 2.47. The van der Waals surface area contributed by atoms with Gasteiger partial charge in [0.15, 0.2) is 17.3 Å². The number of hydrogen-bond acceptors (Lipinski definition) is 4. The van der Waals surface area contributed by atoms with Crippen LogP contribution in [0.15, 0.2) is 91.3 Å². The van der Waals surface area contributed by atoms with Crippen LogP contribution in [0.3, 0.4) is 0 Å². The highest BCUT2D eigenvalue weighted by atomic mass is 19.1. The number of anilines is 2. The molecule has 0 unspecified atom stereocenters. The molecule has 3 aromatic carbocycles.